The molecule has 0 bridgehead atoms. The molecule has 3 atom stereocenters. The topological polar surface area (TPSA) is 168 Å². The molecular formula is C32H33BrClF4N5O8S. The third kappa shape index (κ3) is 8.09. The number of rotatable bonds is 9. The van der Waals surface area contributed by atoms with Gasteiger partial charge in [0.25, 0.3) is 0 Å². The molecule has 1 aromatic heterocycles. The highest BCUT2D eigenvalue weighted by atomic mass is 79.9. The Morgan fingerprint density at radius 3 is 2.37 bits per heavy atom. The van der Waals surface area contributed by atoms with Crippen molar-refractivity contribution in [2.24, 2.45) is 0 Å². The molecular weight excluding hydrogens is 806 g/mol. The van der Waals surface area contributed by atoms with E-state index in [2.05, 4.69) is 26.2 Å². The van der Waals surface area contributed by atoms with Gasteiger partial charge in [-0.2, -0.15) is 18.4 Å². The van der Waals surface area contributed by atoms with Gasteiger partial charge in [0.15, 0.2) is 15.9 Å². The summed E-state index contributed by atoms with van der Waals surface area (Å²) in [5, 5.41) is 11.3. The third-order valence-corrected chi connectivity index (χ3v) is 11.8. The second-order valence-electron chi connectivity index (χ2n) is 13.9. The summed E-state index contributed by atoms with van der Waals surface area (Å²) in [6.45, 7) is 4.05. The van der Waals surface area contributed by atoms with Gasteiger partial charge in [-0.15, -0.1) is 5.06 Å². The highest BCUT2D eigenvalue weighted by molar-refractivity contribution is 9.10. The molecule has 0 radical (unpaired) electrons. The molecule has 13 nitrogen and oxygen atoms in total. The number of nitrogens with zero attached hydrogens (tertiary/aromatic N) is 4. The van der Waals surface area contributed by atoms with E-state index in [0.717, 1.165) is 41.2 Å². The number of pyridine rings is 1. The predicted octanol–water partition coefficient (Wildman–Crippen LogP) is 5.00. The highest BCUT2D eigenvalue weighted by Gasteiger charge is 2.60. The lowest BCUT2D eigenvalue weighted by Crippen LogP contribution is -2.68. The van der Waals surface area contributed by atoms with Crippen LogP contribution in [0.5, 0.6) is 5.75 Å². The van der Waals surface area contributed by atoms with Gasteiger partial charge in [0.05, 0.1) is 40.0 Å². The van der Waals surface area contributed by atoms with E-state index in [1.165, 1.54) is 6.20 Å². The molecule has 20 heteroatoms. The van der Waals surface area contributed by atoms with Crippen molar-refractivity contribution in [3.63, 3.8) is 0 Å². The maximum atomic E-state index is 15.6. The van der Waals surface area contributed by atoms with Crippen LogP contribution in [0.2, 0.25) is 5.02 Å². The Kier molecular flexibility index (Phi) is 10.6. The molecule has 3 heterocycles. The number of aromatic nitrogens is 1. The molecule has 52 heavy (non-hydrogen) atoms. The second-order valence-corrected chi connectivity index (χ2v) is 17.4. The van der Waals surface area contributed by atoms with Gasteiger partial charge in [0.2, 0.25) is 11.8 Å². The Labute approximate surface area is 309 Å². The molecule has 2 amide bonds. The molecule has 282 valence electrons. The van der Waals surface area contributed by atoms with Crippen LogP contribution >= 0.6 is 27.5 Å². The van der Waals surface area contributed by atoms with E-state index >= 15 is 4.39 Å². The SMILES string of the molecule is C[C@H](Oc1ccc(S(=O)(=O)[C@@H]2C[C@@H](C(=O)NC3(C#N)CC3)N(C(=O)C3(c4ncc(Br)cc4F)CN(OC(=O)OC(C)(C)C)C3)C2)c(Cl)c1)C(F)(F)F. The first kappa shape index (κ1) is 39.5. The van der Waals surface area contributed by atoms with Crippen LogP contribution in [-0.2, 0) is 34.4 Å². The van der Waals surface area contributed by atoms with E-state index in [4.69, 9.17) is 25.9 Å². The van der Waals surface area contributed by atoms with Crippen molar-refractivity contribution in [2.45, 2.75) is 92.0 Å². The Morgan fingerprint density at radius 2 is 1.83 bits per heavy atom. The van der Waals surface area contributed by atoms with Gasteiger partial charge in [-0.1, -0.05) is 11.6 Å². The summed E-state index contributed by atoms with van der Waals surface area (Å²) in [5.74, 6) is -3.02. The lowest BCUT2D eigenvalue weighted by Gasteiger charge is -2.48. The molecule has 3 aliphatic rings. The molecule has 0 spiro atoms. The maximum Gasteiger partial charge on any atom is 0.528 e. The maximum absolute atomic E-state index is 15.6. The fraction of sp³-hybridized carbons (Fsp3) is 0.531. The predicted molar refractivity (Wildman–Crippen MR) is 177 cm³/mol. The van der Waals surface area contributed by atoms with E-state index < -0.39 is 110 Å². The number of sulfone groups is 1. The van der Waals surface area contributed by atoms with Gasteiger partial charge < -0.3 is 24.5 Å². The van der Waals surface area contributed by atoms with Crippen LogP contribution < -0.4 is 10.1 Å². The van der Waals surface area contributed by atoms with E-state index in [0.29, 0.717) is 12.8 Å². The van der Waals surface area contributed by atoms with Gasteiger partial charge in [-0.3, -0.25) is 14.6 Å². The Hall–Kier alpha value is -3.73. The number of hydrogen-bond acceptors (Lipinski definition) is 11. The molecule has 5 rings (SSSR count). The molecule has 3 fully saturated rings. The number of amides is 2. The number of halogens is 6. The quantitative estimate of drug-likeness (QED) is 0.267. The Bertz CT molecular complexity index is 1930. The smallest absolute Gasteiger partial charge is 0.481 e. The molecule has 1 saturated carbocycles. The summed E-state index contributed by atoms with van der Waals surface area (Å²) in [4.78, 5) is 50.6. The summed E-state index contributed by atoms with van der Waals surface area (Å²) in [7, 11) is -4.51. The van der Waals surface area contributed by atoms with Crippen LogP contribution in [0.25, 0.3) is 0 Å². The number of hydroxylamine groups is 2. The number of carbonyl (C=O) groups is 3. The highest BCUT2D eigenvalue weighted by Crippen LogP contribution is 2.42. The summed E-state index contributed by atoms with van der Waals surface area (Å²) in [6, 6.07) is 4.45. The summed E-state index contributed by atoms with van der Waals surface area (Å²) in [5.41, 5.74) is -4.38. The zero-order chi connectivity index (χ0) is 38.6. The van der Waals surface area contributed by atoms with Gasteiger partial charge in [0, 0.05) is 23.3 Å². The summed E-state index contributed by atoms with van der Waals surface area (Å²) >= 11 is 9.39. The van der Waals surface area contributed by atoms with Gasteiger partial charge in [0.1, 0.15) is 34.2 Å². The molecule has 2 aliphatic heterocycles. The molecule has 2 saturated heterocycles. The van der Waals surface area contributed by atoms with E-state index in [9.17, 15) is 41.2 Å². The number of carbonyl (C=O) groups excluding carboxylic acids is 3. The minimum atomic E-state index is -4.71. The normalized spacial score (nSPS) is 21.7. The number of alkyl halides is 3. The zero-order valence-electron chi connectivity index (χ0n) is 28.1. The minimum absolute atomic E-state index is 0.245. The summed E-state index contributed by atoms with van der Waals surface area (Å²) in [6.07, 6.45) is -6.63. The number of benzene rings is 1. The molecule has 0 unspecified atom stereocenters. The molecule has 1 aromatic carbocycles. The zero-order valence-corrected chi connectivity index (χ0v) is 31.3. The lowest BCUT2D eigenvalue weighted by molar-refractivity contribution is -0.212. The van der Waals surface area contributed by atoms with E-state index in [1.54, 1.807) is 20.8 Å². The van der Waals surface area contributed by atoms with Crippen LogP contribution in [0.4, 0.5) is 22.4 Å². The second kappa shape index (κ2) is 13.9. The average Bonchev–Trinajstić information content (AvgIpc) is 3.61. The third-order valence-electron chi connectivity index (χ3n) is 8.73. The number of likely N-dealkylation sites (tertiary alicyclic amines) is 1. The number of ether oxygens (including phenoxy) is 2. The fourth-order valence-corrected chi connectivity index (χ4v) is 8.40. The minimum Gasteiger partial charge on any atom is -0.481 e. The molecule has 2 aromatic rings. The van der Waals surface area contributed by atoms with Gasteiger partial charge >= 0.3 is 12.3 Å². The van der Waals surface area contributed by atoms with Crippen molar-refractivity contribution in [2.75, 3.05) is 19.6 Å². The van der Waals surface area contributed by atoms with Crippen molar-refractivity contribution >= 4 is 55.3 Å². The van der Waals surface area contributed by atoms with Crippen molar-refractivity contribution in [1.29, 1.82) is 5.26 Å². The van der Waals surface area contributed by atoms with Crippen LogP contribution in [0, 0.1) is 17.1 Å². The molecule has 1 N–H and O–H groups in total. The molecule has 1 aliphatic carbocycles. The Morgan fingerprint density at radius 1 is 1.17 bits per heavy atom. The van der Waals surface area contributed by atoms with Gasteiger partial charge in [-0.05, 0) is 81.1 Å². The standard InChI is InChI=1S/C32H33BrClF4N5O8S/c1-17(32(36,37)38)49-19-5-6-24(21(34)10-19)52(47,48)20-11-23(26(44)41-30(14-39)7-8-30)43(13-20)27(45)31(25-22(35)9-18(33)12-40-25)15-42(16-31)51-28(46)50-29(2,3)4/h5-6,9-10,12,17,20,23H,7-8,11,13,15-16H2,1-4H3,(H,41,44)/t17-,20+,23-/m0/s1. The van der Waals surface area contributed by atoms with Gasteiger partial charge in [-0.25, -0.2) is 17.6 Å². The largest absolute Gasteiger partial charge is 0.528 e. The van der Waals surface area contributed by atoms with Crippen molar-refractivity contribution in [1.82, 2.24) is 20.3 Å². The van der Waals surface area contributed by atoms with Crippen LogP contribution in [-0.4, -0.2) is 95.7 Å². The van der Waals surface area contributed by atoms with E-state index in [1.807, 2.05) is 6.07 Å². The average molecular weight is 839 g/mol. The Balaban J connectivity index is 1.48. The van der Waals surface area contributed by atoms with Crippen molar-refractivity contribution in [3.05, 3.63) is 51.5 Å². The first-order chi connectivity index (χ1) is 24.0. The number of hydrogen-bond donors (Lipinski definition) is 1. The van der Waals surface area contributed by atoms with Crippen LogP contribution in [0.15, 0.2) is 39.8 Å². The number of nitrogens with one attached hydrogen (secondary N) is 1. The first-order valence-electron chi connectivity index (χ1n) is 15.8. The monoisotopic (exact) mass is 837 g/mol. The lowest BCUT2D eigenvalue weighted by atomic mass is 9.75. The van der Waals surface area contributed by atoms with E-state index in [-0.39, 0.29) is 15.9 Å². The van der Waals surface area contributed by atoms with Crippen molar-refractivity contribution < 1.29 is 54.7 Å². The van der Waals surface area contributed by atoms with Crippen LogP contribution in [0.1, 0.15) is 52.7 Å². The number of nitriles is 1. The fourth-order valence-electron chi connectivity index (χ4n) is 5.86. The van der Waals surface area contributed by atoms with Crippen molar-refractivity contribution in [3.8, 4) is 11.8 Å². The van der Waals surface area contributed by atoms with Crippen LogP contribution in [0.3, 0.4) is 0 Å². The summed E-state index contributed by atoms with van der Waals surface area (Å²) < 4.78 is 93.0. The first-order valence-corrected chi connectivity index (χ1v) is 18.5.